The maximum Gasteiger partial charge on any atom is 0.248 e. The molecule has 0 saturated carbocycles. The summed E-state index contributed by atoms with van der Waals surface area (Å²) in [5.41, 5.74) is 1.01. The van der Waals surface area contributed by atoms with Gasteiger partial charge in [0.1, 0.15) is 18.6 Å². The Kier molecular flexibility index (Phi) is 5.00. The monoisotopic (exact) mass is 330 g/mol. The van der Waals surface area contributed by atoms with Crippen LogP contribution in [-0.2, 0) is 9.53 Å². The van der Waals surface area contributed by atoms with Gasteiger partial charge in [-0.05, 0) is 0 Å². The van der Waals surface area contributed by atoms with Crippen molar-refractivity contribution in [3.05, 3.63) is 42.5 Å². The van der Waals surface area contributed by atoms with Crippen molar-refractivity contribution in [2.75, 3.05) is 44.8 Å². The molecule has 1 aromatic carbocycles. The molecule has 7 heteroatoms. The van der Waals surface area contributed by atoms with Gasteiger partial charge < -0.3 is 14.5 Å². The molecule has 2 aromatic rings. The predicted octanol–water partition coefficient (Wildman–Crippen LogP) is 1.58. The number of hydrogen-bond acceptors (Lipinski definition) is 5. The molecule has 0 unspecified atom stereocenters. The van der Waals surface area contributed by atoms with Gasteiger partial charge >= 0.3 is 0 Å². The van der Waals surface area contributed by atoms with Crippen molar-refractivity contribution in [2.24, 2.45) is 0 Å². The first-order chi connectivity index (χ1) is 11.7. The van der Waals surface area contributed by atoms with Gasteiger partial charge in [0.2, 0.25) is 5.91 Å². The van der Waals surface area contributed by atoms with Crippen molar-refractivity contribution in [2.45, 2.75) is 0 Å². The second kappa shape index (κ2) is 7.35. The minimum Gasteiger partial charge on any atom is -0.375 e. The fraction of sp³-hybridized carbons (Fsp3) is 0.353. The number of halogens is 1. The van der Waals surface area contributed by atoms with Crippen LogP contribution in [0.3, 0.4) is 0 Å². The average Bonchev–Trinajstić information content (AvgIpc) is 2.63. The lowest BCUT2D eigenvalue weighted by atomic mass is 10.1. The molecule has 1 fully saturated rings. The van der Waals surface area contributed by atoms with Gasteiger partial charge in [-0.3, -0.25) is 4.79 Å². The van der Waals surface area contributed by atoms with Crippen molar-refractivity contribution < 1.29 is 13.9 Å². The molecule has 3 rings (SSSR count). The lowest BCUT2D eigenvalue weighted by Crippen LogP contribution is -2.50. The molecular weight excluding hydrogens is 311 g/mol. The summed E-state index contributed by atoms with van der Waals surface area (Å²) in [4.78, 5) is 23.6. The van der Waals surface area contributed by atoms with Crippen molar-refractivity contribution in [1.82, 2.24) is 14.9 Å². The van der Waals surface area contributed by atoms with Crippen LogP contribution in [0.15, 0.2) is 36.7 Å². The van der Waals surface area contributed by atoms with Crippen molar-refractivity contribution >= 4 is 11.7 Å². The molecule has 1 amide bonds. The number of carbonyl (C=O) groups excluding carboxylic acids is 1. The molecule has 6 nitrogen and oxygen atoms in total. The summed E-state index contributed by atoms with van der Waals surface area (Å²) in [7, 11) is 1.50. The van der Waals surface area contributed by atoms with Crippen LogP contribution in [0.5, 0.6) is 0 Å². The fourth-order valence-corrected chi connectivity index (χ4v) is 2.76. The van der Waals surface area contributed by atoms with Crippen LogP contribution >= 0.6 is 0 Å². The van der Waals surface area contributed by atoms with Gasteiger partial charge in [-0.15, -0.1) is 0 Å². The van der Waals surface area contributed by atoms with E-state index < -0.39 is 5.82 Å². The maximum atomic E-state index is 14.9. The number of methoxy groups -OCH3 is 1. The van der Waals surface area contributed by atoms with Crippen LogP contribution in [0.2, 0.25) is 0 Å². The van der Waals surface area contributed by atoms with Gasteiger partial charge in [-0.1, -0.05) is 30.3 Å². The third-order valence-electron chi connectivity index (χ3n) is 4.02. The smallest absolute Gasteiger partial charge is 0.248 e. The van der Waals surface area contributed by atoms with E-state index in [-0.39, 0.29) is 18.3 Å². The van der Waals surface area contributed by atoms with E-state index in [4.69, 9.17) is 4.74 Å². The summed E-state index contributed by atoms with van der Waals surface area (Å²) < 4.78 is 19.7. The van der Waals surface area contributed by atoms with E-state index in [0.717, 1.165) is 0 Å². The Morgan fingerprint density at radius 2 is 1.88 bits per heavy atom. The quantitative estimate of drug-likeness (QED) is 0.852. The van der Waals surface area contributed by atoms with Crippen LogP contribution in [0.25, 0.3) is 11.3 Å². The topological polar surface area (TPSA) is 58.6 Å². The second-order valence-corrected chi connectivity index (χ2v) is 5.53. The highest BCUT2D eigenvalue weighted by Gasteiger charge is 2.25. The van der Waals surface area contributed by atoms with E-state index >= 15 is 0 Å². The molecule has 126 valence electrons. The Morgan fingerprint density at radius 1 is 1.17 bits per heavy atom. The first kappa shape index (κ1) is 16.3. The van der Waals surface area contributed by atoms with E-state index in [9.17, 15) is 9.18 Å². The largest absolute Gasteiger partial charge is 0.375 e. The number of benzene rings is 1. The van der Waals surface area contributed by atoms with Crippen LogP contribution in [0, 0.1) is 5.82 Å². The standard InChI is InChI=1S/C17H19FN4O2/c1-24-11-14(23)21-7-9-22(10-8-21)17-15(18)16(19-12-20-17)13-5-3-2-4-6-13/h2-6,12H,7-11H2,1H3. The molecular formula is C17H19FN4O2. The maximum absolute atomic E-state index is 14.9. The Balaban J connectivity index is 1.76. The molecule has 0 radical (unpaired) electrons. The molecule has 1 aliphatic heterocycles. The molecule has 1 aliphatic rings. The molecule has 0 atom stereocenters. The SMILES string of the molecule is COCC(=O)N1CCN(c2ncnc(-c3ccccc3)c2F)CC1. The van der Waals surface area contributed by atoms with Crippen molar-refractivity contribution in [1.29, 1.82) is 0 Å². The first-order valence-electron chi connectivity index (χ1n) is 7.78. The molecule has 0 N–H and O–H groups in total. The normalized spacial score (nSPS) is 14.8. The average molecular weight is 330 g/mol. The minimum absolute atomic E-state index is 0.0507. The number of ether oxygens (including phenoxy) is 1. The summed E-state index contributed by atoms with van der Waals surface area (Å²) in [6.45, 7) is 2.16. The Labute approximate surface area is 139 Å². The molecule has 2 heterocycles. The second-order valence-electron chi connectivity index (χ2n) is 5.53. The van der Waals surface area contributed by atoms with E-state index in [2.05, 4.69) is 9.97 Å². The van der Waals surface area contributed by atoms with Gasteiger partial charge in [0, 0.05) is 38.9 Å². The third kappa shape index (κ3) is 3.35. The summed E-state index contributed by atoms with van der Waals surface area (Å²) >= 11 is 0. The van der Waals surface area contributed by atoms with Gasteiger partial charge in [0.25, 0.3) is 0 Å². The Morgan fingerprint density at radius 3 is 2.54 bits per heavy atom. The number of nitrogens with zero attached hydrogens (tertiary/aromatic N) is 4. The molecule has 0 spiro atoms. The highest BCUT2D eigenvalue weighted by atomic mass is 19.1. The Hall–Kier alpha value is -2.54. The van der Waals surface area contributed by atoms with Gasteiger partial charge in [-0.2, -0.15) is 0 Å². The molecule has 1 aromatic heterocycles. The van der Waals surface area contributed by atoms with E-state index in [1.807, 2.05) is 35.2 Å². The highest BCUT2D eigenvalue weighted by Crippen LogP contribution is 2.26. The lowest BCUT2D eigenvalue weighted by Gasteiger charge is -2.35. The van der Waals surface area contributed by atoms with Gasteiger partial charge in [0.15, 0.2) is 11.6 Å². The summed E-state index contributed by atoms with van der Waals surface area (Å²) in [6, 6.07) is 9.19. The zero-order chi connectivity index (χ0) is 16.9. The number of aromatic nitrogens is 2. The van der Waals surface area contributed by atoms with Gasteiger partial charge in [-0.25, -0.2) is 14.4 Å². The molecule has 0 aliphatic carbocycles. The third-order valence-corrected chi connectivity index (χ3v) is 4.02. The van der Waals surface area contributed by atoms with Crippen LogP contribution in [0.4, 0.5) is 10.2 Å². The fourth-order valence-electron chi connectivity index (χ4n) is 2.76. The molecule has 0 bridgehead atoms. The van der Waals surface area contributed by atoms with Crippen LogP contribution in [-0.4, -0.2) is 60.7 Å². The summed E-state index contributed by atoms with van der Waals surface area (Å²) in [5, 5.41) is 0. The Bertz CT molecular complexity index is 703. The van der Waals surface area contributed by atoms with E-state index in [0.29, 0.717) is 37.4 Å². The molecule has 1 saturated heterocycles. The lowest BCUT2D eigenvalue weighted by molar-refractivity contribution is -0.135. The van der Waals surface area contributed by atoms with E-state index in [1.54, 1.807) is 4.90 Å². The van der Waals surface area contributed by atoms with Crippen molar-refractivity contribution in [3.8, 4) is 11.3 Å². The number of hydrogen-bond donors (Lipinski definition) is 0. The zero-order valence-electron chi connectivity index (χ0n) is 13.5. The minimum atomic E-state index is -0.430. The number of carbonyl (C=O) groups is 1. The summed E-state index contributed by atoms with van der Waals surface area (Å²) in [5.74, 6) is -0.201. The van der Waals surface area contributed by atoms with Gasteiger partial charge in [0.05, 0.1) is 0 Å². The van der Waals surface area contributed by atoms with Crippen molar-refractivity contribution in [3.63, 3.8) is 0 Å². The number of piperazine rings is 1. The first-order valence-corrected chi connectivity index (χ1v) is 7.78. The van der Waals surface area contributed by atoms with Crippen LogP contribution < -0.4 is 4.90 Å². The number of anilines is 1. The highest BCUT2D eigenvalue weighted by molar-refractivity contribution is 5.77. The predicted molar refractivity (Wildman–Crippen MR) is 88.1 cm³/mol. The van der Waals surface area contributed by atoms with Crippen LogP contribution in [0.1, 0.15) is 0 Å². The number of rotatable bonds is 4. The molecule has 24 heavy (non-hydrogen) atoms. The number of amides is 1. The summed E-state index contributed by atoms with van der Waals surface area (Å²) in [6.07, 6.45) is 1.38. The van der Waals surface area contributed by atoms with E-state index in [1.165, 1.54) is 13.4 Å². The zero-order valence-corrected chi connectivity index (χ0v) is 13.5.